The van der Waals surface area contributed by atoms with E-state index in [1.807, 2.05) is 30.3 Å². The molecule has 0 aliphatic carbocycles. The molecule has 0 radical (unpaired) electrons. The van der Waals surface area contributed by atoms with Crippen molar-refractivity contribution in [3.63, 3.8) is 0 Å². The second-order valence-corrected chi connectivity index (χ2v) is 6.83. The van der Waals surface area contributed by atoms with Crippen molar-refractivity contribution >= 4 is 40.8 Å². The van der Waals surface area contributed by atoms with E-state index in [1.165, 1.54) is 6.07 Å². The highest BCUT2D eigenvalue weighted by Gasteiger charge is 2.17. The highest BCUT2D eigenvalue weighted by atomic mass is 35.5. The molecule has 0 saturated carbocycles. The maximum absolute atomic E-state index is 12.0. The van der Waals surface area contributed by atoms with Gasteiger partial charge in [0.2, 0.25) is 0 Å². The first kappa shape index (κ1) is 19.5. The van der Waals surface area contributed by atoms with Crippen molar-refractivity contribution in [1.82, 2.24) is 9.78 Å². The Hall–Kier alpha value is -2.21. The summed E-state index contributed by atoms with van der Waals surface area (Å²) < 4.78 is 12.2. The number of hydrogen-bond acceptors (Lipinski definition) is 4. The van der Waals surface area contributed by atoms with Crippen LogP contribution in [0.2, 0.25) is 15.2 Å². The number of halogens is 3. The molecule has 2 aromatic carbocycles. The first-order valence-electron chi connectivity index (χ1n) is 7.98. The van der Waals surface area contributed by atoms with Gasteiger partial charge in [0.25, 0.3) is 0 Å². The van der Waals surface area contributed by atoms with Gasteiger partial charge >= 0.3 is 5.97 Å². The summed E-state index contributed by atoms with van der Waals surface area (Å²) in [4.78, 5) is 12.0. The largest absolute Gasteiger partial charge is 0.480 e. The molecule has 0 N–H and O–H groups in total. The lowest BCUT2D eigenvalue weighted by Gasteiger charge is -2.09. The standard InChI is InChI=1S/C19H15Cl3N2O3/c1-12-15(19(22)24(23-12)14-5-3-2-4-6-14)10-27-18(25)11-26-17-8-7-13(20)9-16(17)21/h2-9H,10-11H2,1H3. The number of benzene rings is 2. The number of carbonyl (C=O) groups is 1. The van der Waals surface area contributed by atoms with E-state index in [4.69, 9.17) is 44.3 Å². The molecule has 3 rings (SSSR count). The van der Waals surface area contributed by atoms with Crippen LogP contribution in [0.5, 0.6) is 5.75 Å². The van der Waals surface area contributed by atoms with Gasteiger partial charge in [0.15, 0.2) is 6.61 Å². The maximum atomic E-state index is 12.0. The highest BCUT2D eigenvalue weighted by Crippen LogP contribution is 2.28. The monoisotopic (exact) mass is 424 g/mol. The number of carbonyl (C=O) groups excluding carboxylic acids is 1. The smallest absolute Gasteiger partial charge is 0.344 e. The van der Waals surface area contributed by atoms with Crippen molar-refractivity contribution in [3.8, 4) is 11.4 Å². The number of nitrogens with zero attached hydrogens (tertiary/aromatic N) is 2. The molecule has 0 amide bonds. The first-order chi connectivity index (χ1) is 13.0. The molecule has 0 atom stereocenters. The average molecular weight is 426 g/mol. The summed E-state index contributed by atoms with van der Waals surface area (Å²) in [5.74, 6) is -0.201. The lowest BCUT2D eigenvalue weighted by molar-refractivity contribution is -0.147. The number of para-hydroxylation sites is 1. The van der Waals surface area contributed by atoms with E-state index >= 15 is 0 Å². The third-order valence-electron chi connectivity index (χ3n) is 3.74. The molecule has 0 spiro atoms. The van der Waals surface area contributed by atoms with Crippen molar-refractivity contribution in [2.45, 2.75) is 13.5 Å². The molecular formula is C19H15Cl3N2O3. The molecule has 0 saturated heterocycles. The average Bonchev–Trinajstić information content (AvgIpc) is 2.94. The predicted molar refractivity (Wildman–Crippen MR) is 105 cm³/mol. The molecule has 1 heterocycles. The van der Waals surface area contributed by atoms with E-state index in [0.717, 1.165) is 5.69 Å². The summed E-state index contributed by atoms with van der Waals surface area (Å²) in [6, 6.07) is 14.2. The Balaban J connectivity index is 1.61. The van der Waals surface area contributed by atoms with Crippen LogP contribution >= 0.6 is 34.8 Å². The van der Waals surface area contributed by atoms with Crippen LogP contribution in [0, 0.1) is 6.92 Å². The number of rotatable bonds is 6. The Morgan fingerprint density at radius 2 is 1.85 bits per heavy atom. The molecule has 27 heavy (non-hydrogen) atoms. The van der Waals surface area contributed by atoms with Crippen LogP contribution in [-0.4, -0.2) is 22.4 Å². The fourth-order valence-corrected chi connectivity index (χ4v) is 3.15. The van der Waals surface area contributed by atoms with Gasteiger partial charge in [-0.15, -0.1) is 0 Å². The zero-order valence-electron chi connectivity index (χ0n) is 14.3. The maximum Gasteiger partial charge on any atom is 0.344 e. The lowest BCUT2D eigenvalue weighted by atomic mass is 10.3. The summed E-state index contributed by atoms with van der Waals surface area (Å²) in [7, 11) is 0. The summed E-state index contributed by atoms with van der Waals surface area (Å²) in [5.41, 5.74) is 2.14. The fourth-order valence-electron chi connectivity index (χ4n) is 2.36. The van der Waals surface area contributed by atoms with Gasteiger partial charge in [-0.2, -0.15) is 5.10 Å². The summed E-state index contributed by atoms with van der Waals surface area (Å²) >= 11 is 18.2. The Bertz CT molecular complexity index is 958. The van der Waals surface area contributed by atoms with E-state index in [0.29, 0.717) is 32.2 Å². The van der Waals surface area contributed by atoms with E-state index in [2.05, 4.69) is 5.10 Å². The summed E-state index contributed by atoms with van der Waals surface area (Å²) in [6.45, 7) is 1.51. The van der Waals surface area contributed by atoms with Crippen LogP contribution in [0.25, 0.3) is 5.69 Å². The van der Waals surface area contributed by atoms with Crippen molar-refractivity contribution in [2.24, 2.45) is 0 Å². The third-order valence-corrected chi connectivity index (χ3v) is 4.66. The van der Waals surface area contributed by atoms with E-state index < -0.39 is 5.97 Å². The van der Waals surface area contributed by atoms with Gasteiger partial charge < -0.3 is 9.47 Å². The molecule has 0 aliphatic heterocycles. The van der Waals surface area contributed by atoms with Crippen molar-refractivity contribution in [1.29, 1.82) is 0 Å². The van der Waals surface area contributed by atoms with Crippen molar-refractivity contribution in [2.75, 3.05) is 6.61 Å². The fraction of sp³-hybridized carbons (Fsp3) is 0.158. The van der Waals surface area contributed by atoms with Gasteiger partial charge in [-0.25, -0.2) is 9.48 Å². The number of aromatic nitrogens is 2. The van der Waals surface area contributed by atoms with E-state index in [-0.39, 0.29) is 13.2 Å². The Morgan fingerprint density at radius 1 is 1.11 bits per heavy atom. The molecule has 8 heteroatoms. The zero-order chi connectivity index (χ0) is 19.4. The van der Waals surface area contributed by atoms with Crippen LogP contribution in [0.15, 0.2) is 48.5 Å². The Labute approximate surface area is 171 Å². The van der Waals surface area contributed by atoms with Crippen LogP contribution in [0.1, 0.15) is 11.3 Å². The lowest BCUT2D eigenvalue weighted by Crippen LogP contribution is -2.15. The molecule has 140 valence electrons. The minimum absolute atomic E-state index is 0.00591. The molecule has 0 unspecified atom stereocenters. The first-order valence-corrected chi connectivity index (χ1v) is 9.12. The van der Waals surface area contributed by atoms with Crippen LogP contribution in [0.4, 0.5) is 0 Å². The summed E-state index contributed by atoms with van der Waals surface area (Å²) in [5, 5.41) is 5.60. The quantitative estimate of drug-likeness (QED) is 0.505. The molecule has 0 bridgehead atoms. The van der Waals surface area contributed by atoms with Gasteiger partial charge in [0.1, 0.15) is 17.5 Å². The minimum atomic E-state index is -0.552. The topological polar surface area (TPSA) is 53.4 Å². The van der Waals surface area contributed by atoms with Crippen molar-refractivity contribution < 1.29 is 14.3 Å². The van der Waals surface area contributed by atoms with Gasteiger partial charge in [-0.3, -0.25) is 0 Å². The van der Waals surface area contributed by atoms with Crippen LogP contribution in [-0.2, 0) is 16.1 Å². The predicted octanol–water partition coefficient (Wildman–Crippen LogP) is 5.26. The highest BCUT2D eigenvalue weighted by molar-refractivity contribution is 6.35. The Morgan fingerprint density at radius 3 is 2.56 bits per heavy atom. The van der Waals surface area contributed by atoms with Crippen molar-refractivity contribution in [3.05, 3.63) is 75.0 Å². The number of esters is 1. The molecule has 3 aromatic rings. The number of hydrogen-bond donors (Lipinski definition) is 0. The summed E-state index contributed by atoms with van der Waals surface area (Å²) in [6.07, 6.45) is 0. The second kappa shape index (κ2) is 8.65. The normalized spacial score (nSPS) is 10.7. The van der Waals surface area contributed by atoms with Gasteiger partial charge in [0, 0.05) is 10.6 Å². The van der Waals surface area contributed by atoms with Gasteiger partial charge in [-0.05, 0) is 37.3 Å². The Kier molecular flexibility index (Phi) is 6.26. The van der Waals surface area contributed by atoms with Gasteiger partial charge in [-0.1, -0.05) is 53.0 Å². The van der Waals surface area contributed by atoms with E-state index in [1.54, 1.807) is 23.7 Å². The minimum Gasteiger partial charge on any atom is -0.480 e. The molecule has 0 aliphatic rings. The second-order valence-electron chi connectivity index (χ2n) is 5.63. The molecule has 0 fully saturated rings. The van der Waals surface area contributed by atoms with Crippen LogP contribution in [0.3, 0.4) is 0 Å². The van der Waals surface area contributed by atoms with Crippen LogP contribution < -0.4 is 4.74 Å². The number of ether oxygens (including phenoxy) is 2. The third kappa shape index (κ3) is 4.75. The van der Waals surface area contributed by atoms with Gasteiger partial charge in [0.05, 0.1) is 16.4 Å². The number of aryl methyl sites for hydroxylation is 1. The molecule has 1 aromatic heterocycles. The molecular weight excluding hydrogens is 411 g/mol. The molecule has 5 nitrogen and oxygen atoms in total. The zero-order valence-corrected chi connectivity index (χ0v) is 16.6. The SMILES string of the molecule is Cc1nn(-c2ccccc2)c(Cl)c1COC(=O)COc1ccc(Cl)cc1Cl. The van der Waals surface area contributed by atoms with E-state index in [9.17, 15) is 4.79 Å².